The summed E-state index contributed by atoms with van der Waals surface area (Å²) in [6.45, 7) is 0.0953. The van der Waals surface area contributed by atoms with Gasteiger partial charge in [-0.05, 0) is 12.2 Å². The number of ether oxygens (including phenoxy) is 1. The van der Waals surface area contributed by atoms with Crippen LogP contribution in [0.15, 0.2) is 11.0 Å². The van der Waals surface area contributed by atoms with Crippen molar-refractivity contribution in [3.8, 4) is 0 Å². The molecule has 1 spiro atoms. The van der Waals surface area contributed by atoms with Crippen LogP contribution in [0.2, 0.25) is 0 Å². The number of aromatic nitrogens is 2. The fourth-order valence-corrected chi connectivity index (χ4v) is 2.66. The number of H-pyrrole nitrogens is 1. The number of aliphatic hydroxyl groups excluding tert-OH is 2. The lowest BCUT2D eigenvalue weighted by Crippen LogP contribution is -2.39. The number of rotatable bonds is 2. The Bertz CT molecular complexity index is 626. The van der Waals surface area contributed by atoms with Gasteiger partial charge >= 0.3 is 0 Å². The monoisotopic (exact) mass is 289 g/mol. The topological polar surface area (TPSA) is 109 Å². The maximum atomic E-state index is 13.4. The molecule has 4 N–H and O–H groups in total. The second kappa shape index (κ2) is 4.18. The molecule has 2 aliphatic heterocycles. The first-order valence-corrected chi connectivity index (χ1v) is 6.11. The molecule has 0 bridgehead atoms. The molecule has 1 aromatic rings. The van der Waals surface area contributed by atoms with E-state index in [9.17, 15) is 14.3 Å². The number of aliphatic hydroxyl groups is 2. The Morgan fingerprint density at radius 3 is 2.95 bits per heavy atom. The highest BCUT2D eigenvalue weighted by molar-refractivity contribution is 7.71. The smallest absolute Gasteiger partial charge is 0.287 e. The molecule has 7 nitrogen and oxygen atoms in total. The third kappa shape index (κ3) is 1.77. The normalized spacial score (nSPS) is 36.9. The number of nitrogens with one attached hydrogen (secondary N) is 2. The molecule has 2 saturated heterocycles. The number of halogens is 1. The Morgan fingerprint density at radius 2 is 2.37 bits per heavy atom. The van der Waals surface area contributed by atoms with Gasteiger partial charge in [-0.1, -0.05) is 0 Å². The van der Waals surface area contributed by atoms with E-state index in [1.54, 1.807) is 0 Å². The zero-order valence-electron chi connectivity index (χ0n) is 9.67. The zero-order chi connectivity index (χ0) is 13.8. The molecule has 19 heavy (non-hydrogen) atoms. The molecule has 3 rings (SSSR count). The standard InChI is InChI=1S/C10H12FN3O4S/c11-4-1-14(9(19)13-7(4)17)8-10(3-12-10)6(16)5(2-15)18-8/h1,5-6,8,12,15-16H,2-3H2,(H,13,17,19)/t5-,6?,8?,10+/m1/s1. The van der Waals surface area contributed by atoms with E-state index in [0.29, 0.717) is 6.54 Å². The van der Waals surface area contributed by atoms with E-state index in [2.05, 4.69) is 10.3 Å². The lowest BCUT2D eigenvalue weighted by Gasteiger charge is -2.20. The zero-order valence-corrected chi connectivity index (χ0v) is 10.5. The average molecular weight is 289 g/mol. The molecule has 9 heteroatoms. The summed E-state index contributed by atoms with van der Waals surface area (Å²) in [7, 11) is 0. The number of nitrogens with zero attached hydrogens (tertiary/aromatic N) is 1. The molecular formula is C10H12FN3O4S. The predicted molar refractivity (Wildman–Crippen MR) is 63.6 cm³/mol. The van der Waals surface area contributed by atoms with Gasteiger partial charge in [0.15, 0.2) is 11.0 Å². The molecule has 2 aliphatic rings. The van der Waals surface area contributed by atoms with E-state index in [-0.39, 0.29) is 11.4 Å². The molecule has 1 aromatic heterocycles. The van der Waals surface area contributed by atoms with Crippen molar-refractivity contribution in [2.24, 2.45) is 0 Å². The Hall–Kier alpha value is -1.13. The van der Waals surface area contributed by atoms with Crippen molar-refractivity contribution in [3.05, 3.63) is 27.1 Å². The number of hydrogen-bond acceptors (Lipinski definition) is 6. The Labute approximate surface area is 111 Å². The van der Waals surface area contributed by atoms with Crippen molar-refractivity contribution in [2.75, 3.05) is 13.2 Å². The second-order valence-electron chi connectivity index (χ2n) is 4.69. The first kappa shape index (κ1) is 12.9. The summed E-state index contributed by atoms with van der Waals surface area (Å²) in [5.74, 6) is -0.991. The van der Waals surface area contributed by atoms with E-state index >= 15 is 0 Å². The van der Waals surface area contributed by atoms with Crippen LogP contribution in [0.4, 0.5) is 4.39 Å². The highest BCUT2D eigenvalue weighted by Gasteiger charge is 2.64. The maximum absolute atomic E-state index is 13.4. The molecule has 0 aromatic carbocycles. The quantitative estimate of drug-likeness (QED) is 0.395. The van der Waals surface area contributed by atoms with Crippen molar-refractivity contribution in [3.63, 3.8) is 0 Å². The van der Waals surface area contributed by atoms with Crippen molar-refractivity contribution < 1.29 is 19.3 Å². The van der Waals surface area contributed by atoms with Crippen LogP contribution in [0, 0.1) is 10.6 Å². The van der Waals surface area contributed by atoms with E-state index in [0.717, 1.165) is 6.20 Å². The van der Waals surface area contributed by atoms with Crippen LogP contribution in [0.25, 0.3) is 0 Å². The van der Waals surface area contributed by atoms with E-state index < -0.39 is 35.4 Å². The minimum Gasteiger partial charge on any atom is -0.394 e. The van der Waals surface area contributed by atoms with Crippen molar-refractivity contribution in [1.29, 1.82) is 0 Å². The number of aromatic amines is 1. The van der Waals surface area contributed by atoms with Crippen molar-refractivity contribution >= 4 is 12.2 Å². The first-order chi connectivity index (χ1) is 8.99. The van der Waals surface area contributed by atoms with Crippen molar-refractivity contribution in [1.82, 2.24) is 14.9 Å². The fourth-order valence-electron chi connectivity index (χ4n) is 2.42. The first-order valence-electron chi connectivity index (χ1n) is 5.70. The van der Waals surface area contributed by atoms with Crippen LogP contribution >= 0.6 is 12.2 Å². The molecule has 0 aliphatic carbocycles. The molecule has 2 unspecified atom stereocenters. The van der Waals surface area contributed by atoms with Crippen LogP contribution in [0.5, 0.6) is 0 Å². The van der Waals surface area contributed by atoms with Crippen LogP contribution in [0.3, 0.4) is 0 Å². The van der Waals surface area contributed by atoms with Crippen LogP contribution < -0.4 is 10.9 Å². The molecule has 4 atom stereocenters. The fraction of sp³-hybridized carbons (Fsp3) is 0.600. The summed E-state index contributed by atoms with van der Waals surface area (Å²) >= 11 is 4.97. The Kier molecular flexibility index (Phi) is 2.84. The van der Waals surface area contributed by atoms with Crippen LogP contribution in [-0.2, 0) is 4.74 Å². The molecule has 3 heterocycles. The van der Waals surface area contributed by atoms with Gasteiger partial charge in [0.2, 0.25) is 5.82 Å². The van der Waals surface area contributed by atoms with E-state index in [4.69, 9.17) is 22.1 Å². The lowest BCUT2D eigenvalue weighted by molar-refractivity contribution is -0.0467. The lowest BCUT2D eigenvalue weighted by atomic mass is 10.00. The summed E-state index contributed by atoms with van der Waals surface area (Å²) < 4.78 is 20.1. The van der Waals surface area contributed by atoms with Gasteiger partial charge in [-0.15, -0.1) is 0 Å². The highest BCUT2D eigenvalue weighted by Crippen LogP contribution is 2.44. The van der Waals surface area contributed by atoms with Gasteiger partial charge < -0.3 is 20.3 Å². The molecule has 2 fully saturated rings. The minimum atomic E-state index is -0.991. The summed E-state index contributed by atoms with van der Waals surface area (Å²) in [5.41, 5.74) is -1.70. The third-order valence-corrected chi connectivity index (χ3v) is 3.88. The largest absolute Gasteiger partial charge is 0.394 e. The SMILES string of the molecule is O=c1[nH]c(=S)n(C2O[C@H](CO)C(O)[C@@]23CN3)cc1F. The Balaban J connectivity index is 2.06. The van der Waals surface area contributed by atoms with Gasteiger partial charge in [0, 0.05) is 6.54 Å². The van der Waals surface area contributed by atoms with Gasteiger partial charge in [-0.2, -0.15) is 4.39 Å². The average Bonchev–Trinajstić information content (AvgIpc) is 3.11. The highest BCUT2D eigenvalue weighted by atomic mass is 32.1. The van der Waals surface area contributed by atoms with Crippen LogP contribution in [0.1, 0.15) is 6.23 Å². The van der Waals surface area contributed by atoms with Gasteiger partial charge in [0.25, 0.3) is 5.56 Å². The molecule has 104 valence electrons. The molecule has 0 radical (unpaired) electrons. The third-order valence-electron chi connectivity index (χ3n) is 3.57. The van der Waals surface area contributed by atoms with E-state index in [1.165, 1.54) is 4.57 Å². The molecule has 0 saturated carbocycles. The van der Waals surface area contributed by atoms with Gasteiger partial charge in [0.1, 0.15) is 17.7 Å². The summed E-state index contributed by atoms with van der Waals surface area (Å²) in [6.07, 6.45) is -1.55. The predicted octanol–water partition coefficient (Wildman–Crippen LogP) is -1.36. The Morgan fingerprint density at radius 1 is 1.68 bits per heavy atom. The summed E-state index contributed by atoms with van der Waals surface area (Å²) in [5, 5.41) is 22.2. The van der Waals surface area contributed by atoms with Crippen molar-refractivity contribution in [2.45, 2.75) is 24.0 Å². The molecular weight excluding hydrogens is 277 g/mol. The molecule has 0 amide bonds. The maximum Gasteiger partial charge on any atom is 0.287 e. The number of hydrogen-bond donors (Lipinski definition) is 4. The second-order valence-corrected chi connectivity index (χ2v) is 5.08. The van der Waals surface area contributed by atoms with Gasteiger partial charge in [-0.25, -0.2) is 0 Å². The van der Waals surface area contributed by atoms with Crippen LogP contribution in [-0.4, -0.2) is 50.7 Å². The van der Waals surface area contributed by atoms with Gasteiger partial charge in [0.05, 0.1) is 12.8 Å². The minimum absolute atomic E-state index is 0.00438. The van der Waals surface area contributed by atoms with Gasteiger partial charge in [-0.3, -0.25) is 14.3 Å². The van der Waals surface area contributed by atoms with E-state index in [1.807, 2.05) is 0 Å². The summed E-state index contributed by atoms with van der Waals surface area (Å²) in [4.78, 5) is 13.3. The summed E-state index contributed by atoms with van der Waals surface area (Å²) in [6, 6.07) is 0.